The SMILES string of the molecule is CC[C@H](C(=O)NCc1cccc(Br)c1)n1nc(C)c2c(C)n(-c3ccccc3)nc2c1=O. The van der Waals surface area contributed by atoms with E-state index < -0.39 is 6.04 Å². The highest BCUT2D eigenvalue weighted by Gasteiger charge is 2.25. The number of amides is 1. The molecule has 0 aliphatic carbocycles. The number of nitrogens with zero attached hydrogens (tertiary/aromatic N) is 4. The Morgan fingerprint density at radius 2 is 1.84 bits per heavy atom. The van der Waals surface area contributed by atoms with Crippen LogP contribution in [-0.2, 0) is 11.3 Å². The average molecular weight is 494 g/mol. The molecule has 1 amide bonds. The third-order valence-corrected chi connectivity index (χ3v) is 5.98. The standard InChI is InChI=1S/C24H24BrN5O2/c1-4-20(23(31)26-14-17-9-8-10-18(25)13-17)30-24(32)22-21(15(2)27-30)16(3)29(28-22)19-11-6-5-7-12-19/h5-13,20H,4,14H2,1-3H3,(H,26,31)/t20-/m1/s1. The Hall–Kier alpha value is -3.26. The van der Waals surface area contributed by atoms with E-state index in [1.54, 1.807) is 4.68 Å². The van der Waals surface area contributed by atoms with Gasteiger partial charge >= 0.3 is 0 Å². The van der Waals surface area contributed by atoms with Crippen molar-refractivity contribution in [3.05, 3.63) is 86.4 Å². The van der Waals surface area contributed by atoms with E-state index in [2.05, 4.69) is 31.4 Å². The summed E-state index contributed by atoms with van der Waals surface area (Å²) in [5.41, 5.74) is 3.28. The summed E-state index contributed by atoms with van der Waals surface area (Å²) in [5.74, 6) is -0.250. The van der Waals surface area contributed by atoms with Crippen molar-refractivity contribution in [3.63, 3.8) is 0 Å². The van der Waals surface area contributed by atoms with Gasteiger partial charge in [-0.1, -0.05) is 53.2 Å². The molecule has 0 saturated carbocycles. The molecule has 0 aliphatic rings. The molecule has 32 heavy (non-hydrogen) atoms. The maximum Gasteiger partial charge on any atom is 0.295 e. The molecule has 0 fully saturated rings. The summed E-state index contributed by atoms with van der Waals surface area (Å²) in [4.78, 5) is 26.3. The van der Waals surface area contributed by atoms with E-state index in [1.807, 2.05) is 75.4 Å². The molecule has 0 radical (unpaired) electrons. The molecule has 2 aromatic carbocycles. The molecule has 4 aromatic rings. The number of benzene rings is 2. The molecule has 0 saturated heterocycles. The smallest absolute Gasteiger partial charge is 0.295 e. The monoisotopic (exact) mass is 493 g/mol. The van der Waals surface area contributed by atoms with Crippen LogP contribution in [-0.4, -0.2) is 25.5 Å². The number of hydrogen-bond donors (Lipinski definition) is 1. The van der Waals surface area contributed by atoms with Gasteiger partial charge in [0.15, 0.2) is 5.52 Å². The molecule has 0 spiro atoms. The first-order valence-electron chi connectivity index (χ1n) is 10.5. The molecular weight excluding hydrogens is 470 g/mol. The number of halogens is 1. The zero-order chi connectivity index (χ0) is 22.8. The van der Waals surface area contributed by atoms with Crippen molar-refractivity contribution < 1.29 is 4.79 Å². The maximum atomic E-state index is 13.3. The number of hydrogen-bond acceptors (Lipinski definition) is 4. The van der Waals surface area contributed by atoms with Crippen molar-refractivity contribution in [1.29, 1.82) is 0 Å². The van der Waals surface area contributed by atoms with Crippen molar-refractivity contribution in [1.82, 2.24) is 24.9 Å². The molecule has 164 valence electrons. The predicted octanol–water partition coefficient (Wildman–Crippen LogP) is 4.23. The van der Waals surface area contributed by atoms with Crippen LogP contribution in [0.5, 0.6) is 0 Å². The Kier molecular flexibility index (Phi) is 6.23. The molecule has 1 atom stereocenters. The normalized spacial score (nSPS) is 12.1. The number of carbonyl (C=O) groups excluding carboxylic acids is 1. The summed E-state index contributed by atoms with van der Waals surface area (Å²) in [6.45, 7) is 5.99. The van der Waals surface area contributed by atoms with Gasteiger partial charge < -0.3 is 5.32 Å². The van der Waals surface area contributed by atoms with Crippen LogP contribution in [0.25, 0.3) is 16.6 Å². The number of aryl methyl sites for hydroxylation is 2. The summed E-state index contributed by atoms with van der Waals surface area (Å²) in [6, 6.07) is 16.7. The molecule has 2 aromatic heterocycles. The largest absolute Gasteiger partial charge is 0.350 e. The number of fused-ring (bicyclic) bond motifs is 1. The van der Waals surface area contributed by atoms with Gasteiger partial charge in [-0.15, -0.1) is 0 Å². The van der Waals surface area contributed by atoms with Gasteiger partial charge in [0.05, 0.1) is 22.5 Å². The first-order valence-corrected chi connectivity index (χ1v) is 11.3. The lowest BCUT2D eigenvalue weighted by Gasteiger charge is -2.17. The van der Waals surface area contributed by atoms with Crippen LogP contribution < -0.4 is 10.9 Å². The number of para-hydroxylation sites is 1. The van der Waals surface area contributed by atoms with Gasteiger partial charge in [0.1, 0.15) is 6.04 Å². The second-order valence-corrected chi connectivity index (χ2v) is 8.58. The Morgan fingerprint density at radius 3 is 2.53 bits per heavy atom. The summed E-state index contributed by atoms with van der Waals surface area (Å²) < 4.78 is 3.97. The Balaban J connectivity index is 1.70. The Morgan fingerprint density at radius 1 is 1.09 bits per heavy atom. The lowest BCUT2D eigenvalue weighted by atomic mass is 10.1. The van der Waals surface area contributed by atoms with Gasteiger partial charge in [-0.2, -0.15) is 10.2 Å². The van der Waals surface area contributed by atoms with E-state index >= 15 is 0 Å². The van der Waals surface area contributed by atoms with Crippen molar-refractivity contribution in [3.8, 4) is 5.69 Å². The second kappa shape index (κ2) is 9.08. The zero-order valence-corrected chi connectivity index (χ0v) is 19.8. The summed E-state index contributed by atoms with van der Waals surface area (Å²) in [5, 5.41) is 12.8. The van der Waals surface area contributed by atoms with Crippen LogP contribution in [0.3, 0.4) is 0 Å². The quantitative estimate of drug-likeness (QED) is 0.435. The molecule has 2 heterocycles. The van der Waals surface area contributed by atoms with Gasteiger partial charge in [0.25, 0.3) is 5.56 Å². The highest BCUT2D eigenvalue weighted by molar-refractivity contribution is 9.10. The first-order chi connectivity index (χ1) is 15.4. The minimum Gasteiger partial charge on any atom is -0.350 e. The zero-order valence-electron chi connectivity index (χ0n) is 18.2. The molecule has 8 heteroatoms. The highest BCUT2D eigenvalue weighted by atomic mass is 79.9. The summed E-state index contributed by atoms with van der Waals surface area (Å²) in [6.07, 6.45) is 0.431. The van der Waals surface area contributed by atoms with Crippen LogP contribution in [0, 0.1) is 13.8 Å². The minimum atomic E-state index is -0.722. The second-order valence-electron chi connectivity index (χ2n) is 7.66. The van der Waals surface area contributed by atoms with E-state index in [0.717, 1.165) is 26.8 Å². The van der Waals surface area contributed by atoms with Crippen molar-refractivity contribution in [2.75, 3.05) is 0 Å². The number of rotatable bonds is 6. The number of carbonyl (C=O) groups is 1. The van der Waals surface area contributed by atoms with Gasteiger partial charge in [-0.25, -0.2) is 9.36 Å². The molecule has 1 N–H and O–H groups in total. The fraction of sp³-hybridized carbons (Fsp3) is 0.250. The third-order valence-electron chi connectivity index (χ3n) is 5.49. The summed E-state index contributed by atoms with van der Waals surface area (Å²) >= 11 is 3.44. The topological polar surface area (TPSA) is 81.8 Å². The van der Waals surface area contributed by atoms with E-state index in [0.29, 0.717) is 24.2 Å². The van der Waals surface area contributed by atoms with Crippen LogP contribution in [0.4, 0.5) is 0 Å². The van der Waals surface area contributed by atoms with Gasteiger partial charge in [0, 0.05) is 11.0 Å². The van der Waals surface area contributed by atoms with Gasteiger partial charge in [0.2, 0.25) is 5.91 Å². The fourth-order valence-electron chi connectivity index (χ4n) is 3.91. The van der Waals surface area contributed by atoms with Crippen molar-refractivity contribution >= 4 is 32.7 Å². The number of aromatic nitrogens is 4. The Labute approximate surface area is 194 Å². The molecule has 4 rings (SSSR count). The number of nitrogens with one attached hydrogen (secondary N) is 1. The van der Waals surface area contributed by atoms with Gasteiger partial charge in [-0.05, 0) is 50.1 Å². The van der Waals surface area contributed by atoms with E-state index in [4.69, 9.17) is 0 Å². The minimum absolute atomic E-state index is 0.250. The molecule has 0 aliphatic heterocycles. The fourth-order valence-corrected chi connectivity index (χ4v) is 4.35. The van der Waals surface area contributed by atoms with Crippen LogP contribution in [0.1, 0.15) is 36.3 Å². The van der Waals surface area contributed by atoms with Crippen molar-refractivity contribution in [2.45, 2.75) is 39.8 Å². The van der Waals surface area contributed by atoms with E-state index in [9.17, 15) is 9.59 Å². The molecule has 0 unspecified atom stereocenters. The lowest BCUT2D eigenvalue weighted by molar-refractivity contribution is -0.125. The summed E-state index contributed by atoms with van der Waals surface area (Å²) in [7, 11) is 0. The molecule has 7 nitrogen and oxygen atoms in total. The third kappa shape index (κ3) is 4.10. The van der Waals surface area contributed by atoms with E-state index in [-0.39, 0.29) is 11.5 Å². The highest BCUT2D eigenvalue weighted by Crippen LogP contribution is 2.22. The maximum absolute atomic E-state index is 13.3. The average Bonchev–Trinajstić information content (AvgIpc) is 3.15. The van der Waals surface area contributed by atoms with Gasteiger partial charge in [-0.3, -0.25) is 9.59 Å². The molecular formula is C24H24BrN5O2. The lowest BCUT2D eigenvalue weighted by Crippen LogP contribution is -2.38. The van der Waals surface area contributed by atoms with Crippen LogP contribution >= 0.6 is 15.9 Å². The van der Waals surface area contributed by atoms with Crippen molar-refractivity contribution in [2.24, 2.45) is 0 Å². The van der Waals surface area contributed by atoms with Crippen LogP contribution in [0.2, 0.25) is 0 Å². The first kappa shape index (κ1) is 22.0. The molecule has 0 bridgehead atoms. The van der Waals surface area contributed by atoms with E-state index in [1.165, 1.54) is 4.68 Å². The Bertz CT molecular complexity index is 1340. The van der Waals surface area contributed by atoms with Crippen LogP contribution in [0.15, 0.2) is 63.9 Å². The predicted molar refractivity (Wildman–Crippen MR) is 128 cm³/mol.